The van der Waals surface area contributed by atoms with Crippen LogP contribution in [0.3, 0.4) is 0 Å². The van der Waals surface area contributed by atoms with Gasteiger partial charge in [0.25, 0.3) is 10.0 Å². The molecule has 0 fully saturated rings. The first kappa shape index (κ1) is 13.1. The van der Waals surface area contributed by atoms with E-state index in [1.54, 1.807) is 0 Å². The molecule has 1 aromatic carbocycles. The molecule has 0 atom stereocenters. The van der Waals surface area contributed by atoms with E-state index in [2.05, 4.69) is 4.72 Å². The highest BCUT2D eigenvalue weighted by Gasteiger charge is 2.18. The zero-order chi connectivity index (χ0) is 13.3. The minimum Gasteiger partial charge on any atom is -0.506 e. The second kappa shape index (κ2) is 4.75. The van der Waals surface area contributed by atoms with Crippen molar-refractivity contribution in [2.45, 2.75) is 4.21 Å². The number of sulfonamides is 1. The fourth-order valence-corrected chi connectivity index (χ4v) is 3.78. The highest BCUT2D eigenvalue weighted by atomic mass is 35.5. The second-order valence-electron chi connectivity index (χ2n) is 3.33. The van der Waals surface area contributed by atoms with Gasteiger partial charge in [-0.3, -0.25) is 4.72 Å². The number of benzene rings is 1. The summed E-state index contributed by atoms with van der Waals surface area (Å²) in [5, 5.41) is 9.43. The normalized spacial score (nSPS) is 11.4. The zero-order valence-corrected chi connectivity index (χ0v) is 11.1. The van der Waals surface area contributed by atoms with Gasteiger partial charge in [-0.2, -0.15) is 0 Å². The maximum absolute atomic E-state index is 13.0. The SMILES string of the molecule is O=S(=O)(Nc1cc(F)ccc1O)c1ccc(Cl)s1. The molecule has 0 bridgehead atoms. The Morgan fingerprint density at radius 3 is 2.61 bits per heavy atom. The van der Waals surface area contributed by atoms with Crippen LogP contribution in [0.1, 0.15) is 0 Å². The Morgan fingerprint density at radius 2 is 2.00 bits per heavy atom. The Morgan fingerprint density at radius 1 is 1.28 bits per heavy atom. The molecule has 2 aromatic rings. The lowest BCUT2D eigenvalue weighted by atomic mass is 10.3. The molecule has 0 saturated heterocycles. The molecule has 0 aliphatic rings. The van der Waals surface area contributed by atoms with Crippen molar-refractivity contribution in [3.8, 4) is 5.75 Å². The van der Waals surface area contributed by atoms with Crippen LogP contribution in [0.5, 0.6) is 5.75 Å². The van der Waals surface area contributed by atoms with Gasteiger partial charge in [0.2, 0.25) is 0 Å². The molecule has 0 amide bonds. The van der Waals surface area contributed by atoms with Gasteiger partial charge in [0.05, 0.1) is 10.0 Å². The lowest BCUT2D eigenvalue weighted by Gasteiger charge is -2.07. The number of hydrogen-bond acceptors (Lipinski definition) is 4. The van der Waals surface area contributed by atoms with Gasteiger partial charge in [-0.25, -0.2) is 12.8 Å². The van der Waals surface area contributed by atoms with Crippen LogP contribution in [0.4, 0.5) is 10.1 Å². The molecule has 4 nitrogen and oxygen atoms in total. The summed E-state index contributed by atoms with van der Waals surface area (Å²) in [6.07, 6.45) is 0. The van der Waals surface area contributed by atoms with Crippen LogP contribution in [0.2, 0.25) is 4.34 Å². The van der Waals surface area contributed by atoms with E-state index in [1.807, 2.05) is 0 Å². The monoisotopic (exact) mass is 307 g/mol. The molecule has 0 aliphatic heterocycles. The van der Waals surface area contributed by atoms with Gasteiger partial charge in [0.15, 0.2) is 0 Å². The summed E-state index contributed by atoms with van der Waals surface area (Å²) >= 11 is 6.51. The Balaban J connectivity index is 2.36. The summed E-state index contributed by atoms with van der Waals surface area (Å²) in [5.41, 5.74) is -0.223. The fraction of sp³-hybridized carbons (Fsp3) is 0. The molecule has 96 valence electrons. The Hall–Kier alpha value is -1.31. The fourth-order valence-electron chi connectivity index (χ4n) is 1.23. The Labute approximate surface area is 112 Å². The highest BCUT2D eigenvalue weighted by Crippen LogP contribution is 2.30. The predicted octanol–water partition coefficient (Wildman–Crippen LogP) is 3.05. The molecule has 2 rings (SSSR count). The third kappa shape index (κ3) is 2.74. The van der Waals surface area contributed by atoms with Gasteiger partial charge >= 0.3 is 0 Å². The molecule has 18 heavy (non-hydrogen) atoms. The number of aromatic hydroxyl groups is 1. The number of rotatable bonds is 3. The number of anilines is 1. The lowest BCUT2D eigenvalue weighted by Crippen LogP contribution is -2.11. The number of hydrogen-bond donors (Lipinski definition) is 2. The van der Waals surface area contributed by atoms with Crippen LogP contribution < -0.4 is 4.72 Å². The second-order valence-corrected chi connectivity index (χ2v) is 6.95. The summed E-state index contributed by atoms with van der Waals surface area (Å²) in [4.78, 5) is 0. The molecule has 0 unspecified atom stereocenters. The summed E-state index contributed by atoms with van der Waals surface area (Å²) in [6.45, 7) is 0. The Kier molecular flexibility index (Phi) is 3.47. The van der Waals surface area contributed by atoms with E-state index in [0.717, 1.165) is 29.5 Å². The van der Waals surface area contributed by atoms with Crippen molar-refractivity contribution < 1.29 is 17.9 Å². The first-order chi connectivity index (χ1) is 8.38. The summed E-state index contributed by atoms with van der Waals surface area (Å²) in [6, 6.07) is 5.74. The van der Waals surface area contributed by atoms with Crippen molar-refractivity contribution in [1.29, 1.82) is 0 Å². The first-order valence-corrected chi connectivity index (χ1v) is 7.33. The number of nitrogens with one attached hydrogen (secondary N) is 1. The molecular weight excluding hydrogens is 301 g/mol. The van der Waals surface area contributed by atoms with Gasteiger partial charge < -0.3 is 5.11 Å². The molecule has 8 heteroatoms. The standard InChI is InChI=1S/C10H7ClFNO3S2/c11-9-3-4-10(17-9)18(15,16)13-7-5-6(12)1-2-8(7)14/h1-5,13-14H. The van der Waals surface area contributed by atoms with Crippen molar-refractivity contribution >= 4 is 38.6 Å². The van der Waals surface area contributed by atoms with Crippen molar-refractivity contribution in [1.82, 2.24) is 0 Å². The van der Waals surface area contributed by atoms with Crippen LogP contribution in [0.15, 0.2) is 34.5 Å². The lowest BCUT2D eigenvalue weighted by molar-refractivity contribution is 0.475. The molecule has 0 radical (unpaired) electrons. The number of phenols is 1. The van der Waals surface area contributed by atoms with E-state index in [9.17, 15) is 17.9 Å². The predicted molar refractivity (Wildman–Crippen MR) is 68.2 cm³/mol. The van der Waals surface area contributed by atoms with E-state index in [0.29, 0.717) is 4.34 Å². The highest BCUT2D eigenvalue weighted by molar-refractivity contribution is 7.94. The average Bonchev–Trinajstić information content (AvgIpc) is 2.71. The van der Waals surface area contributed by atoms with Crippen LogP contribution in [0.25, 0.3) is 0 Å². The van der Waals surface area contributed by atoms with Crippen molar-refractivity contribution in [3.63, 3.8) is 0 Å². The van der Waals surface area contributed by atoms with E-state index >= 15 is 0 Å². The van der Waals surface area contributed by atoms with Gasteiger partial charge in [0.1, 0.15) is 15.8 Å². The molecule has 1 heterocycles. The van der Waals surface area contributed by atoms with Gasteiger partial charge in [0, 0.05) is 6.07 Å². The van der Waals surface area contributed by atoms with Crippen molar-refractivity contribution in [2.24, 2.45) is 0 Å². The van der Waals surface area contributed by atoms with Gasteiger partial charge in [-0.15, -0.1) is 11.3 Å². The maximum atomic E-state index is 13.0. The minimum atomic E-state index is -3.87. The van der Waals surface area contributed by atoms with Crippen molar-refractivity contribution in [2.75, 3.05) is 4.72 Å². The van der Waals surface area contributed by atoms with E-state index < -0.39 is 15.8 Å². The molecule has 0 saturated carbocycles. The zero-order valence-electron chi connectivity index (χ0n) is 8.72. The third-order valence-electron chi connectivity index (χ3n) is 2.02. The van der Waals surface area contributed by atoms with E-state index in [1.165, 1.54) is 12.1 Å². The molecular formula is C10H7ClFNO3S2. The summed E-state index contributed by atoms with van der Waals surface area (Å²) < 4.78 is 39.1. The van der Waals surface area contributed by atoms with Crippen LogP contribution >= 0.6 is 22.9 Å². The van der Waals surface area contributed by atoms with Crippen LogP contribution in [-0.2, 0) is 10.0 Å². The van der Waals surface area contributed by atoms with Crippen LogP contribution in [-0.4, -0.2) is 13.5 Å². The Bertz CT molecular complexity index is 684. The molecule has 0 aliphatic carbocycles. The van der Waals surface area contributed by atoms with E-state index in [4.69, 9.17) is 11.6 Å². The topological polar surface area (TPSA) is 66.4 Å². The number of halogens is 2. The van der Waals surface area contributed by atoms with Crippen molar-refractivity contribution in [3.05, 3.63) is 40.5 Å². The van der Waals surface area contributed by atoms with Gasteiger partial charge in [-0.1, -0.05) is 11.6 Å². The third-order valence-corrected chi connectivity index (χ3v) is 5.10. The summed E-state index contributed by atoms with van der Waals surface area (Å²) in [5.74, 6) is -1.02. The molecule has 1 aromatic heterocycles. The first-order valence-electron chi connectivity index (χ1n) is 4.65. The minimum absolute atomic E-state index is 0.0174. The number of thiophene rings is 1. The smallest absolute Gasteiger partial charge is 0.271 e. The quantitative estimate of drug-likeness (QED) is 0.857. The average molecular weight is 308 g/mol. The largest absolute Gasteiger partial charge is 0.506 e. The summed E-state index contributed by atoms with van der Waals surface area (Å²) in [7, 11) is -3.87. The van der Waals surface area contributed by atoms with Gasteiger partial charge in [-0.05, 0) is 24.3 Å². The maximum Gasteiger partial charge on any atom is 0.271 e. The molecule has 2 N–H and O–H groups in total. The number of phenolic OH excluding ortho intramolecular Hbond substituents is 1. The van der Waals surface area contributed by atoms with E-state index in [-0.39, 0.29) is 15.6 Å². The molecule has 0 spiro atoms. The van der Waals surface area contributed by atoms with Crippen LogP contribution in [0, 0.1) is 5.82 Å².